The molecule has 1 aromatic heterocycles. The molecular formula is C12H18N2O2S. The second kappa shape index (κ2) is 5.04. The lowest BCUT2D eigenvalue weighted by atomic mass is 9.95. The van der Waals surface area contributed by atoms with Gasteiger partial charge in [0.05, 0.1) is 12.1 Å². The van der Waals surface area contributed by atoms with Gasteiger partial charge < -0.3 is 10.0 Å². The summed E-state index contributed by atoms with van der Waals surface area (Å²) in [5.74, 6) is 0.628. The maximum Gasteiger partial charge on any atom is 0.309 e. The summed E-state index contributed by atoms with van der Waals surface area (Å²) in [6, 6.07) is 0. The molecule has 1 aromatic rings. The van der Waals surface area contributed by atoms with E-state index in [0.29, 0.717) is 11.6 Å². The zero-order chi connectivity index (χ0) is 12.4. The molecule has 1 fully saturated rings. The third-order valence-corrected chi connectivity index (χ3v) is 4.26. The molecule has 1 unspecified atom stereocenters. The number of hydrogen-bond acceptors (Lipinski definition) is 4. The highest BCUT2D eigenvalue weighted by Gasteiger charge is 2.26. The predicted octanol–water partition coefficient (Wildman–Crippen LogP) is 2.25. The van der Waals surface area contributed by atoms with Gasteiger partial charge in [-0.2, -0.15) is 0 Å². The number of nitrogens with zero attached hydrogens (tertiary/aromatic N) is 2. The van der Waals surface area contributed by atoms with E-state index in [0.717, 1.165) is 24.1 Å². The second-order valence-electron chi connectivity index (χ2n) is 4.93. The van der Waals surface area contributed by atoms with Gasteiger partial charge in [-0.25, -0.2) is 4.98 Å². The first-order valence-electron chi connectivity index (χ1n) is 5.97. The average Bonchev–Trinajstić information content (AvgIpc) is 2.83. The Hall–Kier alpha value is -1.10. The number of carboxylic acids is 1. The Bertz CT molecular complexity index is 403. The number of thiazole rings is 1. The topological polar surface area (TPSA) is 53.4 Å². The molecule has 5 heteroatoms. The van der Waals surface area contributed by atoms with Crippen molar-refractivity contribution in [2.45, 2.75) is 26.7 Å². The van der Waals surface area contributed by atoms with Gasteiger partial charge in [0.15, 0.2) is 5.13 Å². The zero-order valence-electron chi connectivity index (χ0n) is 10.2. The fraction of sp³-hybridized carbons (Fsp3) is 0.667. The molecule has 0 aliphatic carbocycles. The van der Waals surface area contributed by atoms with Crippen LogP contribution in [0.15, 0.2) is 5.38 Å². The Morgan fingerprint density at radius 2 is 2.47 bits per heavy atom. The van der Waals surface area contributed by atoms with Gasteiger partial charge in [0.2, 0.25) is 0 Å². The van der Waals surface area contributed by atoms with Crippen LogP contribution in [0.3, 0.4) is 0 Å². The molecule has 2 heterocycles. The van der Waals surface area contributed by atoms with Crippen LogP contribution in [0.5, 0.6) is 0 Å². The summed E-state index contributed by atoms with van der Waals surface area (Å²) in [4.78, 5) is 17.3. The van der Waals surface area contributed by atoms with Crippen LogP contribution in [-0.4, -0.2) is 29.1 Å². The van der Waals surface area contributed by atoms with Crippen molar-refractivity contribution in [1.29, 1.82) is 0 Å². The Balaban J connectivity index is 1.99. The molecule has 17 heavy (non-hydrogen) atoms. The highest BCUT2D eigenvalue weighted by Crippen LogP contribution is 2.30. The standard InChI is InChI=1S/C12H18N2O2S/c1-8(2)9-3-4-14(6-9)12-13-10(7-17-12)5-11(15)16/h7-9H,3-6H2,1-2H3,(H,15,16). The number of carbonyl (C=O) groups is 1. The van der Waals surface area contributed by atoms with Crippen LogP contribution in [0.25, 0.3) is 0 Å². The van der Waals surface area contributed by atoms with Gasteiger partial charge >= 0.3 is 5.97 Å². The minimum atomic E-state index is -0.816. The van der Waals surface area contributed by atoms with Gasteiger partial charge in [-0.1, -0.05) is 13.8 Å². The third-order valence-electron chi connectivity index (χ3n) is 3.31. The van der Waals surface area contributed by atoms with E-state index in [2.05, 4.69) is 23.7 Å². The Morgan fingerprint density at radius 3 is 3.06 bits per heavy atom. The molecule has 1 saturated heterocycles. The number of aromatic nitrogens is 1. The van der Waals surface area contributed by atoms with Crippen LogP contribution in [0, 0.1) is 11.8 Å². The predicted molar refractivity (Wildman–Crippen MR) is 68.6 cm³/mol. The average molecular weight is 254 g/mol. The van der Waals surface area contributed by atoms with Crippen molar-refractivity contribution in [2.24, 2.45) is 11.8 Å². The minimum Gasteiger partial charge on any atom is -0.481 e. The molecule has 0 radical (unpaired) electrons. The van der Waals surface area contributed by atoms with E-state index in [-0.39, 0.29) is 6.42 Å². The monoisotopic (exact) mass is 254 g/mol. The lowest BCUT2D eigenvalue weighted by Crippen LogP contribution is -2.21. The van der Waals surface area contributed by atoms with Crippen molar-refractivity contribution in [2.75, 3.05) is 18.0 Å². The van der Waals surface area contributed by atoms with Crippen LogP contribution in [0.2, 0.25) is 0 Å². The Morgan fingerprint density at radius 1 is 1.71 bits per heavy atom. The summed E-state index contributed by atoms with van der Waals surface area (Å²) >= 11 is 1.55. The SMILES string of the molecule is CC(C)C1CCN(c2nc(CC(=O)O)cs2)C1. The first kappa shape index (κ1) is 12.4. The summed E-state index contributed by atoms with van der Waals surface area (Å²) in [6.45, 7) is 6.61. The van der Waals surface area contributed by atoms with Crippen LogP contribution in [0.1, 0.15) is 26.0 Å². The molecule has 2 rings (SSSR count). The summed E-state index contributed by atoms with van der Waals surface area (Å²) in [6.07, 6.45) is 1.24. The van der Waals surface area contributed by atoms with Crippen molar-refractivity contribution in [3.63, 3.8) is 0 Å². The molecule has 4 nitrogen and oxygen atoms in total. The molecule has 94 valence electrons. The number of hydrogen-bond donors (Lipinski definition) is 1. The minimum absolute atomic E-state index is 0.0257. The molecule has 0 bridgehead atoms. The fourth-order valence-corrected chi connectivity index (χ4v) is 3.05. The Kier molecular flexibility index (Phi) is 3.66. The normalized spacial score (nSPS) is 20.2. The van der Waals surface area contributed by atoms with E-state index >= 15 is 0 Å². The molecule has 1 atom stereocenters. The van der Waals surface area contributed by atoms with E-state index in [9.17, 15) is 4.79 Å². The molecule has 1 aliphatic rings. The molecule has 1 N–H and O–H groups in total. The van der Waals surface area contributed by atoms with E-state index in [1.165, 1.54) is 6.42 Å². The van der Waals surface area contributed by atoms with Gasteiger partial charge in [-0.05, 0) is 18.3 Å². The van der Waals surface area contributed by atoms with Gasteiger partial charge in [0.25, 0.3) is 0 Å². The first-order valence-corrected chi connectivity index (χ1v) is 6.85. The quantitative estimate of drug-likeness (QED) is 0.895. The molecule has 0 saturated carbocycles. The highest BCUT2D eigenvalue weighted by molar-refractivity contribution is 7.13. The van der Waals surface area contributed by atoms with Crippen molar-refractivity contribution in [1.82, 2.24) is 4.98 Å². The molecule has 0 amide bonds. The van der Waals surface area contributed by atoms with E-state index in [1.54, 1.807) is 11.3 Å². The van der Waals surface area contributed by atoms with Crippen molar-refractivity contribution in [3.05, 3.63) is 11.1 Å². The maximum atomic E-state index is 10.6. The van der Waals surface area contributed by atoms with Gasteiger partial charge in [0.1, 0.15) is 0 Å². The zero-order valence-corrected chi connectivity index (χ0v) is 11.0. The van der Waals surface area contributed by atoms with E-state index in [1.807, 2.05) is 5.38 Å². The summed E-state index contributed by atoms with van der Waals surface area (Å²) < 4.78 is 0. The lowest BCUT2D eigenvalue weighted by Gasteiger charge is -2.16. The van der Waals surface area contributed by atoms with E-state index < -0.39 is 5.97 Å². The molecular weight excluding hydrogens is 236 g/mol. The van der Waals surface area contributed by atoms with Crippen LogP contribution < -0.4 is 4.90 Å². The van der Waals surface area contributed by atoms with Crippen molar-refractivity contribution >= 4 is 22.4 Å². The van der Waals surface area contributed by atoms with Gasteiger partial charge in [-0.15, -0.1) is 11.3 Å². The number of rotatable bonds is 4. The van der Waals surface area contributed by atoms with Gasteiger partial charge in [-0.3, -0.25) is 4.79 Å². The second-order valence-corrected chi connectivity index (χ2v) is 5.77. The highest BCUT2D eigenvalue weighted by atomic mass is 32.1. The smallest absolute Gasteiger partial charge is 0.309 e. The number of aliphatic carboxylic acids is 1. The van der Waals surface area contributed by atoms with E-state index in [4.69, 9.17) is 5.11 Å². The van der Waals surface area contributed by atoms with Crippen molar-refractivity contribution < 1.29 is 9.90 Å². The number of carboxylic acid groups (broad SMARTS) is 1. The van der Waals surface area contributed by atoms with Gasteiger partial charge in [0, 0.05) is 18.5 Å². The molecule has 0 spiro atoms. The summed E-state index contributed by atoms with van der Waals surface area (Å²) in [7, 11) is 0. The number of anilines is 1. The third kappa shape index (κ3) is 2.97. The van der Waals surface area contributed by atoms with Crippen LogP contribution >= 0.6 is 11.3 Å². The molecule has 1 aliphatic heterocycles. The summed E-state index contributed by atoms with van der Waals surface area (Å²) in [5, 5.41) is 11.5. The largest absolute Gasteiger partial charge is 0.481 e. The summed E-state index contributed by atoms with van der Waals surface area (Å²) in [5.41, 5.74) is 0.672. The van der Waals surface area contributed by atoms with Crippen LogP contribution in [-0.2, 0) is 11.2 Å². The Labute approximate surface area is 105 Å². The first-order chi connectivity index (χ1) is 8.06. The fourth-order valence-electron chi connectivity index (χ4n) is 2.18. The molecule has 0 aromatic carbocycles. The maximum absolute atomic E-state index is 10.6. The van der Waals surface area contributed by atoms with Crippen LogP contribution in [0.4, 0.5) is 5.13 Å². The lowest BCUT2D eigenvalue weighted by molar-refractivity contribution is -0.136. The van der Waals surface area contributed by atoms with Crippen molar-refractivity contribution in [3.8, 4) is 0 Å².